The normalized spacial score (nSPS) is 13.8. The average molecular weight is 296 g/mol. The van der Waals surface area contributed by atoms with Crippen molar-refractivity contribution in [3.8, 4) is 0 Å². The third kappa shape index (κ3) is 2.82. The van der Waals surface area contributed by atoms with Gasteiger partial charge in [0, 0.05) is 24.2 Å². The van der Waals surface area contributed by atoms with Gasteiger partial charge in [-0.1, -0.05) is 30.3 Å². The minimum Gasteiger partial charge on any atom is -0.354 e. The maximum atomic E-state index is 12.3. The van der Waals surface area contributed by atoms with Crippen molar-refractivity contribution >= 4 is 11.7 Å². The van der Waals surface area contributed by atoms with Gasteiger partial charge in [-0.2, -0.15) is 0 Å². The number of ketones is 1. The number of Topliss-reactive ketones (excluding diaryl/α,β-unsaturated/α-hetero) is 1. The van der Waals surface area contributed by atoms with Crippen molar-refractivity contribution in [2.75, 3.05) is 6.54 Å². The first kappa shape index (κ1) is 14.6. The Kier molecular flexibility index (Phi) is 4.09. The largest absolute Gasteiger partial charge is 0.354 e. The van der Waals surface area contributed by atoms with E-state index in [9.17, 15) is 9.59 Å². The van der Waals surface area contributed by atoms with Gasteiger partial charge in [0.15, 0.2) is 5.78 Å². The van der Waals surface area contributed by atoms with Gasteiger partial charge in [0.25, 0.3) is 5.91 Å². The molecule has 1 aromatic heterocycles. The Bertz CT molecular complexity index is 701. The highest BCUT2D eigenvalue weighted by Gasteiger charge is 2.26. The summed E-state index contributed by atoms with van der Waals surface area (Å²) in [6, 6.07) is 10.1. The Balaban J connectivity index is 1.67. The summed E-state index contributed by atoms with van der Waals surface area (Å²) in [5.74, 6) is 0.0222. The van der Waals surface area contributed by atoms with Crippen LogP contribution in [0, 0.1) is 6.92 Å². The summed E-state index contributed by atoms with van der Waals surface area (Å²) in [4.78, 5) is 27.5. The first-order valence-electron chi connectivity index (χ1n) is 7.73. The van der Waals surface area contributed by atoms with Crippen LogP contribution in [-0.4, -0.2) is 23.2 Å². The number of carbonyl (C=O) groups excluding carboxylic acids is 2. The number of hydrogen-bond acceptors (Lipinski definition) is 2. The molecule has 1 aliphatic carbocycles. The van der Waals surface area contributed by atoms with Gasteiger partial charge >= 0.3 is 0 Å². The Labute approximate surface area is 129 Å². The fraction of sp³-hybridized carbons (Fsp3) is 0.333. The third-order valence-electron chi connectivity index (χ3n) is 4.21. The molecule has 1 aliphatic rings. The van der Waals surface area contributed by atoms with Gasteiger partial charge in [0.2, 0.25) is 0 Å². The number of H-pyrrole nitrogens is 1. The second kappa shape index (κ2) is 6.18. The third-order valence-corrected chi connectivity index (χ3v) is 4.21. The SMILES string of the molecule is Cc1c(C(=O)NCCc2ccccc2)[nH]c2c1C(=O)CCC2. The minimum atomic E-state index is -0.129. The van der Waals surface area contributed by atoms with Gasteiger partial charge in [-0.25, -0.2) is 0 Å². The molecule has 22 heavy (non-hydrogen) atoms. The van der Waals surface area contributed by atoms with Crippen molar-refractivity contribution in [2.45, 2.75) is 32.6 Å². The van der Waals surface area contributed by atoms with Gasteiger partial charge in [-0.05, 0) is 37.3 Å². The van der Waals surface area contributed by atoms with E-state index in [1.807, 2.05) is 37.3 Å². The highest BCUT2D eigenvalue weighted by Crippen LogP contribution is 2.26. The molecule has 4 heteroatoms. The highest BCUT2D eigenvalue weighted by atomic mass is 16.2. The number of rotatable bonds is 4. The second-order valence-corrected chi connectivity index (χ2v) is 5.75. The van der Waals surface area contributed by atoms with E-state index in [1.165, 1.54) is 5.56 Å². The van der Waals surface area contributed by atoms with Crippen molar-refractivity contribution < 1.29 is 9.59 Å². The van der Waals surface area contributed by atoms with Gasteiger partial charge in [-0.3, -0.25) is 9.59 Å². The highest BCUT2D eigenvalue weighted by molar-refractivity contribution is 6.04. The van der Waals surface area contributed by atoms with Crippen molar-refractivity contribution in [3.63, 3.8) is 0 Å². The van der Waals surface area contributed by atoms with Crippen LogP contribution in [0.25, 0.3) is 0 Å². The number of aryl methyl sites for hydroxylation is 1. The number of nitrogens with one attached hydrogen (secondary N) is 2. The van der Waals surface area contributed by atoms with Crippen LogP contribution in [0.4, 0.5) is 0 Å². The van der Waals surface area contributed by atoms with Crippen LogP contribution in [-0.2, 0) is 12.8 Å². The molecule has 1 heterocycles. The maximum Gasteiger partial charge on any atom is 0.268 e. The van der Waals surface area contributed by atoms with E-state index in [1.54, 1.807) is 0 Å². The predicted octanol–water partition coefficient (Wildman–Crippen LogP) is 2.81. The number of fused-ring (bicyclic) bond motifs is 1. The Hall–Kier alpha value is -2.36. The lowest BCUT2D eigenvalue weighted by atomic mass is 9.94. The molecule has 0 radical (unpaired) electrons. The standard InChI is InChI=1S/C18H20N2O2/c1-12-16-14(8-5-9-15(16)21)20-17(12)18(22)19-11-10-13-6-3-2-4-7-13/h2-4,6-7,20H,5,8-11H2,1H3,(H,19,22). The van der Waals surface area contributed by atoms with Crippen LogP contribution in [0.15, 0.2) is 30.3 Å². The van der Waals surface area contributed by atoms with Crippen LogP contribution in [0.1, 0.15) is 50.5 Å². The second-order valence-electron chi connectivity index (χ2n) is 5.75. The van der Waals surface area contributed by atoms with Crippen LogP contribution in [0.5, 0.6) is 0 Å². The molecule has 114 valence electrons. The van der Waals surface area contributed by atoms with E-state index in [2.05, 4.69) is 10.3 Å². The number of aromatic nitrogens is 1. The summed E-state index contributed by atoms with van der Waals surface area (Å²) in [6.07, 6.45) is 3.09. The molecule has 2 N–H and O–H groups in total. The number of hydrogen-bond donors (Lipinski definition) is 2. The molecule has 3 rings (SSSR count). The zero-order chi connectivity index (χ0) is 15.5. The Morgan fingerprint density at radius 1 is 1.23 bits per heavy atom. The van der Waals surface area contributed by atoms with Gasteiger partial charge in [0.05, 0.1) is 0 Å². The summed E-state index contributed by atoms with van der Waals surface area (Å²) in [5, 5.41) is 2.93. The molecule has 0 fully saturated rings. The lowest BCUT2D eigenvalue weighted by Gasteiger charge is -2.09. The van der Waals surface area contributed by atoms with E-state index < -0.39 is 0 Å². The van der Waals surface area contributed by atoms with Crippen LogP contribution < -0.4 is 5.32 Å². The topological polar surface area (TPSA) is 62.0 Å². The smallest absolute Gasteiger partial charge is 0.268 e. The monoisotopic (exact) mass is 296 g/mol. The summed E-state index contributed by atoms with van der Waals surface area (Å²) in [5.41, 5.74) is 4.17. The molecule has 1 aromatic carbocycles. The van der Waals surface area contributed by atoms with Crippen molar-refractivity contribution in [2.24, 2.45) is 0 Å². The lowest BCUT2D eigenvalue weighted by molar-refractivity contribution is 0.0948. The van der Waals surface area contributed by atoms with Gasteiger partial charge < -0.3 is 10.3 Å². The molecule has 0 saturated carbocycles. The van der Waals surface area contributed by atoms with Crippen molar-refractivity contribution in [1.82, 2.24) is 10.3 Å². The number of carbonyl (C=O) groups is 2. The van der Waals surface area contributed by atoms with Crippen LogP contribution >= 0.6 is 0 Å². The fourth-order valence-corrected chi connectivity index (χ4v) is 3.05. The minimum absolute atomic E-state index is 0.129. The zero-order valence-corrected chi connectivity index (χ0v) is 12.7. The van der Waals surface area contributed by atoms with Crippen LogP contribution in [0.2, 0.25) is 0 Å². The number of aromatic amines is 1. The molecule has 0 aliphatic heterocycles. The molecule has 0 atom stereocenters. The van der Waals surface area contributed by atoms with E-state index in [4.69, 9.17) is 0 Å². The Morgan fingerprint density at radius 2 is 2.00 bits per heavy atom. The summed E-state index contributed by atoms with van der Waals surface area (Å²) < 4.78 is 0. The first-order valence-corrected chi connectivity index (χ1v) is 7.73. The summed E-state index contributed by atoms with van der Waals surface area (Å²) in [7, 11) is 0. The molecule has 4 nitrogen and oxygen atoms in total. The molecule has 1 amide bonds. The summed E-state index contributed by atoms with van der Waals surface area (Å²) in [6.45, 7) is 2.44. The number of amides is 1. The van der Waals surface area contributed by atoms with E-state index in [0.717, 1.165) is 36.1 Å². The number of benzene rings is 1. The Morgan fingerprint density at radius 3 is 2.73 bits per heavy atom. The molecule has 0 spiro atoms. The van der Waals surface area contributed by atoms with Crippen LogP contribution in [0.3, 0.4) is 0 Å². The molecule has 0 bridgehead atoms. The molecule has 0 saturated heterocycles. The van der Waals surface area contributed by atoms with Gasteiger partial charge in [-0.15, -0.1) is 0 Å². The molecule has 2 aromatic rings. The van der Waals surface area contributed by atoms with E-state index in [-0.39, 0.29) is 11.7 Å². The van der Waals surface area contributed by atoms with Crippen molar-refractivity contribution in [3.05, 3.63) is 58.4 Å². The van der Waals surface area contributed by atoms with Crippen molar-refractivity contribution in [1.29, 1.82) is 0 Å². The predicted molar refractivity (Wildman–Crippen MR) is 85.3 cm³/mol. The molecular weight excluding hydrogens is 276 g/mol. The first-order chi connectivity index (χ1) is 10.7. The zero-order valence-electron chi connectivity index (χ0n) is 12.7. The van der Waals surface area contributed by atoms with E-state index >= 15 is 0 Å². The fourth-order valence-electron chi connectivity index (χ4n) is 3.05. The quantitative estimate of drug-likeness (QED) is 0.911. The molecule has 0 unspecified atom stereocenters. The molecular formula is C18H20N2O2. The summed E-state index contributed by atoms with van der Waals surface area (Å²) >= 11 is 0. The average Bonchev–Trinajstić information content (AvgIpc) is 2.87. The maximum absolute atomic E-state index is 12.3. The van der Waals surface area contributed by atoms with Gasteiger partial charge in [0.1, 0.15) is 5.69 Å². The lowest BCUT2D eigenvalue weighted by Crippen LogP contribution is -2.26. The van der Waals surface area contributed by atoms with E-state index in [0.29, 0.717) is 18.7 Å².